The number of benzene rings is 2. The van der Waals surface area contributed by atoms with E-state index in [-0.39, 0.29) is 33.3 Å². The van der Waals surface area contributed by atoms with Crippen LogP contribution in [0.1, 0.15) is 43.9 Å². The Morgan fingerprint density at radius 3 is 2.14 bits per heavy atom. The average Bonchev–Trinajstić information content (AvgIpc) is 3.17. The Hall–Kier alpha value is -2.29. The van der Waals surface area contributed by atoms with Gasteiger partial charge >= 0.3 is 12.1 Å². The first-order valence-corrected chi connectivity index (χ1v) is 11.6. The van der Waals surface area contributed by atoms with E-state index in [2.05, 4.69) is 5.32 Å². The molecule has 0 bridgehead atoms. The Bertz CT molecular complexity index is 1160. The van der Waals surface area contributed by atoms with Crippen molar-refractivity contribution in [1.82, 2.24) is 5.32 Å². The molecule has 0 aliphatic carbocycles. The number of rotatable bonds is 4. The normalized spacial score (nSPS) is 26.5. The van der Waals surface area contributed by atoms with Crippen molar-refractivity contribution >= 4 is 34.7 Å². The zero-order valence-corrected chi connectivity index (χ0v) is 20.6. The largest absolute Gasteiger partial charge is 0.480 e. The fourth-order valence-corrected chi connectivity index (χ4v) is 4.75. The van der Waals surface area contributed by atoms with Crippen LogP contribution in [-0.4, -0.2) is 30.3 Å². The van der Waals surface area contributed by atoms with Gasteiger partial charge in [0.05, 0.1) is 6.26 Å². The molecule has 2 aromatic carbocycles. The van der Waals surface area contributed by atoms with Crippen molar-refractivity contribution in [2.75, 3.05) is 6.54 Å². The second-order valence-corrected chi connectivity index (χ2v) is 10.6. The SMILES string of the molecule is CC(C)(C)OC(=O)C1NCC1(F)c1ccc(C2=COC(c3cc(Cl)cc(Cl)c3)(C(F)(F)F)C2)cc1. The third-order valence-electron chi connectivity index (χ3n) is 6.03. The minimum absolute atomic E-state index is 0.0550. The molecule has 1 saturated heterocycles. The van der Waals surface area contributed by atoms with Crippen LogP contribution < -0.4 is 5.32 Å². The zero-order chi connectivity index (χ0) is 25.8. The van der Waals surface area contributed by atoms with Crippen molar-refractivity contribution in [3.8, 4) is 0 Å². The molecule has 0 aromatic heterocycles. The lowest BCUT2D eigenvalue weighted by Gasteiger charge is -2.43. The lowest BCUT2D eigenvalue weighted by molar-refractivity contribution is -0.260. The maximum atomic E-state index is 15.6. The predicted octanol–water partition coefficient (Wildman–Crippen LogP) is 6.69. The van der Waals surface area contributed by atoms with Crippen LogP contribution in [-0.2, 0) is 25.5 Å². The van der Waals surface area contributed by atoms with Gasteiger partial charge in [0.25, 0.3) is 0 Å². The Labute approximate surface area is 210 Å². The minimum Gasteiger partial charge on any atom is -0.480 e. The molecule has 188 valence electrons. The highest BCUT2D eigenvalue weighted by molar-refractivity contribution is 6.34. The number of hydrogen-bond acceptors (Lipinski definition) is 4. The molecule has 4 rings (SSSR count). The molecule has 1 fully saturated rings. The number of alkyl halides is 4. The lowest BCUT2D eigenvalue weighted by atomic mass is 9.80. The Morgan fingerprint density at radius 2 is 1.66 bits per heavy atom. The molecule has 0 saturated carbocycles. The van der Waals surface area contributed by atoms with Crippen LogP contribution in [0.3, 0.4) is 0 Å². The molecule has 3 atom stereocenters. The van der Waals surface area contributed by atoms with E-state index in [0.29, 0.717) is 5.56 Å². The van der Waals surface area contributed by atoms with Gasteiger partial charge in [0.2, 0.25) is 5.60 Å². The van der Waals surface area contributed by atoms with E-state index in [1.165, 1.54) is 42.5 Å². The quantitative estimate of drug-likeness (QED) is 0.352. The molecule has 2 heterocycles. The fraction of sp³-hybridized carbons (Fsp3) is 0.400. The fourth-order valence-electron chi connectivity index (χ4n) is 4.23. The number of nitrogens with one attached hydrogen (secondary N) is 1. The van der Waals surface area contributed by atoms with Gasteiger partial charge in [-0.05, 0) is 55.7 Å². The van der Waals surface area contributed by atoms with E-state index in [0.717, 1.165) is 6.26 Å². The van der Waals surface area contributed by atoms with Crippen LogP contribution in [0, 0.1) is 0 Å². The summed E-state index contributed by atoms with van der Waals surface area (Å²) in [6.07, 6.45) is -4.23. The molecule has 10 heteroatoms. The van der Waals surface area contributed by atoms with Gasteiger partial charge in [-0.1, -0.05) is 47.5 Å². The highest BCUT2D eigenvalue weighted by Gasteiger charge is 2.61. The van der Waals surface area contributed by atoms with Crippen LogP contribution in [0.25, 0.3) is 5.57 Å². The summed E-state index contributed by atoms with van der Waals surface area (Å²) in [5.41, 5.74) is -4.71. The number of esters is 1. The number of ether oxygens (including phenoxy) is 2. The summed E-state index contributed by atoms with van der Waals surface area (Å²) >= 11 is 11.9. The van der Waals surface area contributed by atoms with Gasteiger partial charge in [0, 0.05) is 28.6 Å². The maximum Gasteiger partial charge on any atom is 0.432 e. The van der Waals surface area contributed by atoms with Crippen molar-refractivity contribution in [2.24, 2.45) is 0 Å². The van der Waals surface area contributed by atoms with E-state index in [1.807, 2.05) is 0 Å². The van der Waals surface area contributed by atoms with Gasteiger partial charge < -0.3 is 9.47 Å². The van der Waals surface area contributed by atoms with Crippen molar-refractivity contribution < 1.29 is 31.8 Å². The van der Waals surface area contributed by atoms with E-state index >= 15 is 4.39 Å². The van der Waals surface area contributed by atoms with Gasteiger partial charge in [0.15, 0.2) is 5.67 Å². The van der Waals surface area contributed by atoms with Crippen molar-refractivity contribution in [3.05, 3.63) is 75.5 Å². The third-order valence-corrected chi connectivity index (χ3v) is 6.46. The lowest BCUT2D eigenvalue weighted by Crippen LogP contribution is -2.67. The number of carbonyl (C=O) groups is 1. The second-order valence-electron chi connectivity index (χ2n) is 9.71. The average molecular weight is 532 g/mol. The van der Waals surface area contributed by atoms with Crippen LogP contribution in [0.5, 0.6) is 0 Å². The van der Waals surface area contributed by atoms with Gasteiger partial charge in [-0.2, -0.15) is 13.2 Å². The van der Waals surface area contributed by atoms with Crippen LogP contribution in [0.2, 0.25) is 10.0 Å². The van der Waals surface area contributed by atoms with Gasteiger partial charge in [0.1, 0.15) is 11.6 Å². The number of carbonyl (C=O) groups excluding carboxylic acids is 1. The summed E-state index contributed by atoms with van der Waals surface area (Å²) in [6, 6.07) is 8.44. The summed E-state index contributed by atoms with van der Waals surface area (Å²) in [7, 11) is 0. The molecular formula is C25H23Cl2F4NO3. The molecule has 1 N–H and O–H groups in total. The third kappa shape index (κ3) is 4.76. The van der Waals surface area contributed by atoms with Gasteiger partial charge in [-0.3, -0.25) is 10.1 Å². The molecule has 35 heavy (non-hydrogen) atoms. The molecule has 2 aromatic rings. The van der Waals surface area contributed by atoms with E-state index in [1.54, 1.807) is 20.8 Å². The Kier molecular flexibility index (Phi) is 6.39. The van der Waals surface area contributed by atoms with Crippen molar-refractivity contribution in [1.29, 1.82) is 0 Å². The molecule has 2 aliphatic heterocycles. The van der Waals surface area contributed by atoms with Gasteiger partial charge in [-0.15, -0.1) is 0 Å². The van der Waals surface area contributed by atoms with Crippen molar-refractivity contribution in [3.63, 3.8) is 0 Å². The highest BCUT2D eigenvalue weighted by Crippen LogP contribution is 2.53. The van der Waals surface area contributed by atoms with Crippen molar-refractivity contribution in [2.45, 2.75) is 56.3 Å². The standard InChI is InChI=1S/C25H23Cl2F4NO3/c1-22(2,3)35-21(33)20-23(28,13-32-20)16-6-4-14(5-7-16)15-11-24(34-12-15,25(29,30)31)17-8-18(26)10-19(27)9-17/h4-10,12,20,32H,11,13H2,1-3H3. The topological polar surface area (TPSA) is 47.6 Å². The Morgan fingerprint density at radius 1 is 1.06 bits per heavy atom. The van der Waals surface area contributed by atoms with E-state index in [9.17, 15) is 18.0 Å². The molecule has 2 aliphatic rings. The second kappa shape index (κ2) is 8.68. The van der Waals surface area contributed by atoms with E-state index < -0.39 is 41.5 Å². The minimum atomic E-state index is -4.76. The van der Waals surface area contributed by atoms with Gasteiger partial charge in [-0.25, -0.2) is 4.39 Å². The Balaban J connectivity index is 1.57. The first-order valence-electron chi connectivity index (χ1n) is 10.8. The smallest absolute Gasteiger partial charge is 0.432 e. The summed E-state index contributed by atoms with van der Waals surface area (Å²) < 4.78 is 68.8. The molecule has 0 spiro atoms. The molecular weight excluding hydrogens is 509 g/mol. The first-order chi connectivity index (χ1) is 16.1. The molecule has 0 radical (unpaired) electrons. The number of hydrogen-bond donors (Lipinski definition) is 1. The molecule has 3 unspecified atom stereocenters. The highest BCUT2D eigenvalue weighted by atomic mass is 35.5. The monoisotopic (exact) mass is 531 g/mol. The first kappa shape index (κ1) is 25.8. The predicted molar refractivity (Wildman–Crippen MR) is 125 cm³/mol. The summed E-state index contributed by atoms with van der Waals surface area (Å²) in [5.74, 6) is -0.711. The maximum absolute atomic E-state index is 15.6. The van der Waals surface area contributed by atoms with Crippen LogP contribution in [0.4, 0.5) is 17.6 Å². The van der Waals surface area contributed by atoms with Crippen LogP contribution >= 0.6 is 23.2 Å². The number of halogens is 6. The summed E-state index contributed by atoms with van der Waals surface area (Å²) in [5, 5.41) is 2.86. The summed E-state index contributed by atoms with van der Waals surface area (Å²) in [6.45, 7) is 4.98. The zero-order valence-electron chi connectivity index (χ0n) is 19.1. The van der Waals surface area contributed by atoms with E-state index in [4.69, 9.17) is 32.7 Å². The molecule has 0 amide bonds. The summed E-state index contributed by atoms with van der Waals surface area (Å²) in [4.78, 5) is 12.4. The molecule has 4 nitrogen and oxygen atoms in total. The van der Waals surface area contributed by atoms with Crippen LogP contribution in [0.15, 0.2) is 48.7 Å².